The number of hydrogen-bond donors (Lipinski definition) is 2. The van der Waals surface area contributed by atoms with Gasteiger partial charge in [0.05, 0.1) is 26.5 Å². The predicted octanol–water partition coefficient (Wildman–Crippen LogP) is 4.56. The van der Waals surface area contributed by atoms with Crippen LogP contribution in [0.4, 0.5) is 0 Å². The maximum absolute atomic E-state index is 11.6. The van der Waals surface area contributed by atoms with E-state index in [1.165, 1.54) is 10.5 Å². The molecule has 0 bridgehead atoms. The van der Waals surface area contributed by atoms with Crippen molar-refractivity contribution in [2.75, 3.05) is 53.6 Å². The van der Waals surface area contributed by atoms with Crippen molar-refractivity contribution in [1.82, 2.24) is 19.8 Å². The van der Waals surface area contributed by atoms with Crippen molar-refractivity contribution in [1.29, 1.82) is 0 Å². The molecule has 1 amide bonds. The van der Waals surface area contributed by atoms with E-state index in [1.54, 1.807) is 19.1 Å². The van der Waals surface area contributed by atoms with Crippen LogP contribution in [0.15, 0.2) is 77.7 Å². The lowest BCUT2D eigenvalue weighted by Crippen LogP contribution is -2.32. The SMILES string of the molecule is CN1CCOCC1.COc1ccc(-c2ccc(CN(C=O)CCCNC3NSc4ccccc43)cc2)cc1. The Balaban J connectivity index is 0.000000417. The molecule has 1 fully saturated rings. The Kier molecular flexibility index (Phi) is 11.0. The number of ether oxygens (including phenoxy) is 2. The van der Waals surface area contributed by atoms with Gasteiger partial charge in [-0.3, -0.25) is 10.1 Å². The number of amides is 1. The van der Waals surface area contributed by atoms with Crippen molar-refractivity contribution < 1.29 is 14.3 Å². The van der Waals surface area contributed by atoms with Crippen molar-refractivity contribution in [3.05, 3.63) is 83.9 Å². The monoisotopic (exact) mass is 534 g/mol. The van der Waals surface area contributed by atoms with Crippen LogP contribution in [0.1, 0.15) is 23.7 Å². The number of nitrogens with zero attached hydrogens (tertiary/aromatic N) is 2. The van der Waals surface area contributed by atoms with Gasteiger partial charge in [0.1, 0.15) is 5.75 Å². The largest absolute Gasteiger partial charge is 0.497 e. The Hall–Kier alpha value is -2.88. The van der Waals surface area contributed by atoms with Gasteiger partial charge in [-0.1, -0.05) is 54.6 Å². The van der Waals surface area contributed by atoms with E-state index in [4.69, 9.17) is 9.47 Å². The highest BCUT2D eigenvalue weighted by Crippen LogP contribution is 2.32. The zero-order valence-electron chi connectivity index (χ0n) is 22.3. The first-order valence-electron chi connectivity index (χ1n) is 13.1. The van der Waals surface area contributed by atoms with Crippen LogP contribution in [0.3, 0.4) is 0 Å². The molecule has 2 aliphatic rings. The molecule has 8 heteroatoms. The fourth-order valence-corrected chi connectivity index (χ4v) is 5.23. The van der Waals surface area contributed by atoms with E-state index < -0.39 is 0 Å². The number of methoxy groups -OCH3 is 1. The summed E-state index contributed by atoms with van der Waals surface area (Å²) in [5.41, 5.74) is 4.71. The molecule has 0 radical (unpaired) electrons. The molecule has 2 heterocycles. The van der Waals surface area contributed by atoms with Crippen molar-refractivity contribution in [2.45, 2.75) is 24.0 Å². The Bertz CT molecular complexity index is 1120. The first-order chi connectivity index (χ1) is 18.7. The van der Waals surface area contributed by atoms with Crippen LogP contribution in [0.25, 0.3) is 11.1 Å². The number of nitrogens with one attached hydrogen (secondary N) is 2. The summed E-state index contributed by atoms with van der Waals surface area (Å²) in [7, 11) is 3.78. The number of morpholine rings is 1. The highest BCUT2D eigenvalue weighted by atomic mass is 32.2. The summed E-state index contributed by atoms with van der Waals surface area (Å²) < 4.78 is 13.7. The maximum Gasteiger partial charge on any atom is 0.210 e. The third-order valence-corrected chi connectivity index (χ3v) is 7.58. The third-order valence-electron chi connectivity index (χ3n) is 6.63. The quantitative estimate of drug-likeness (QED) is 0.225. The molecule has 0 aliphatic carbocycles. The average Bonchev–Trinajstić information content (AvgIpc) is 3.39. The fraction of sp³-hybridized carbons (Fsp3) is 0.367. The predicted molar refractivity (Wildman–Crippen MR) is 154 cm³/mol. The summed E-state index contributed by atoms with van der Waals surface area (Å²) >= 11 is 1.66. The van der Waals surface area contributed by atoms with Gasteiger partial charge in [-0.2, -0.15) is 0 Å². The van der Waals surface area contributed by atoms with Crippen molar-refractivity contribution in [3.63, 3.8) is 0 Å². The van der Waals surface area contributed by atoms with Gasteiger partial charge in [0.2, 0.25) is 6.41 Å². The molecule has 1 unspecified atom stereocenters. The highest BCUT2D eigenvalue weighted by Gasteiger charge is 2.21. The van der Waals surface area contributed by atoms with E-state index >= 15 is 0 Å². The molecule has 2 N–H and O–H groups in total. The topological polar surface area (TPSA) is 66.1 Å². The number of fused-ring (bicyclic) bond motifs is 1. The van der Waals surface area contributed by atoms with Crippen LogP contribution in [0.5, 0.6) is 5.75 Å². The molecule has 38 heavy (non-hydrogen) atoms. The van der Waals surface area contributed by atoms with Gasteiger partial charge in [0.25, 0.3) is 0 Å². The first kappa shape index (κ1) is 28.1. The molecule has 3 aromatic rings. The maximum atomic E-state index is 11.6. The summed E-state index contributed by atoms with van der Waals surface area (Å²) in [4.78, 5) is 16.9. The first-order valence-corrected chi connectivity index (χ1v) is 13.9. The molecule has 1 atom stereocenters. The minimum Gasteiger partial charge on any atom is -0.497 e. The molecule has 0 aromatic heterocycles. The average molecular weight is 535 g/mol. The van der Waals surface area contributed by atoms with Crippen molar-refractivity contribution >= 4 is 18.4 Å². The highest BCUT2D eigenvalue weighted by molar-refractivity contribution is 7.97. The van der Waals surface area contributed by atoms with Gasteiger partial charge >= 0.3 is 0 Å². The molecular weight excluding hydrogens is 496 g/mol. The lowest BCUT2D eigenvalue weighted by molar-refractivity contribution is -0.118. The third kappa shape index (κ3) is 8.31. The fourth-order valence-electron chi connectivity index (χ4n) is 4.32. The van der Waals surface area contributed by atoms with Gasteiger partial charge in [0, 0.05) is 31.1 Å². The molecular formula is C30H38N4O3S. The standard InChI is InChI=1S/C25H27N3O2S.C5H11NO/c1-30-22-13-11-21(12-14-22)20-9-7-19(8-10-20)17-28(18-29)16-4-15-26-25-23-5-2-3-6-24(23)31-27-25;1-6-2-4-7-5-3-6/h2-3,5-14,18,25-27H,4,15-17H2,1H3;2-5H2,1H3. The molecule has 0 saturated carbocycles. The lowest BCUT2D eigenvalue weighted by Gasteiger charge is -2.21. The lowest BCUT2D eigenvalue weighted by atomic mass is 10.0. The number of rotatable bonds is 10. The molecule has 0 spiro atoms. The summed E-state index contributed by atoms with van der Waals surface area (Å²) in [5.74, 6) is 0.850. The number of carbonyl (C=O) groups is 1. The van der Waals surface area contributed by atoms with E-state index in [0.29, 0.717) is 6.54 Å². The Morgan fingerprint density at radius 1 is 1.05 bits per heavy atom. The summed E-state index contributed by atoms with van der Waals surface area (Å²) in [6.07, 6.45) is 2.00. The van der Waals surface area contributed by atoms with Gasteiger partial charge in [-0.05, 0) is 72.4 Å². The van der Waals surface area contributed by atoms with E-state index in [2.05, 4.69) is 82.7 Å². The van der Waals surface area contributed by atoms with Crippen LogP contribution in [-0.2, 0) is 16.1 Å². The molecule has 202 valence electrons. The van der Waals surface area contributed by atoms with Crippen LogP contribution in [0, 0.1) is 0 Å². The zero-order valence-corrected chi connectivity index (χ0v) is 23.1. The van der Waals surface area contributed by atoms with Crippen LogP contribution in [0.2, 0.25) is 0 Å². The van der Waals surface area contributed by atoms with Crippen LogP contribution >= 0.6 is 11.9 Å². The van der Waals surface area contributed by atoms with Crippen LogP contribution < -0.4 is 14.8 Å². The second-order valence-corrected chi connectivity index (χ2v) is 10.3. The Morgan fingerprint density at radius 2 is 1.74 bits per heavy atom. The number of carbonyl (C=O) groups excluding carboxylic acids is 1. The Labute approximate surface area is 230 Å². The summed E-state index contributed by atoms with van der Waals surface area (Å²) in [5, 5.41) is 3.53. The zero-order chi connectivity index (χ0) is 26.6. The molecule has 2 aliphatic heterocycles. The van der Waals surface area contributed by atoms with Crippen molar-refractivity contribution in [2.24, 2.45) is 0 Å². The Morgan fingerprint density at radius 3 is 2.37 bits per heavy atom. The number of hydrogen-bond acceptors (Lipinski definition) is 7. The minimum absolute atomic E-state index is 0.163. The summed E-state index contributed by atoms with van der Waals surface area (Å²) in [6, 6.07) is 24.8. The van der Waals surface area contributed by atoms with E-state index in [1.807, 2.05) is 17.0 Å². The van der Waals surface area contributed by atoms with Crippen molar-refractivity contribution in [3.8, 4) is 16.9 Å². The second-order valence-electron chi connectivity index (χ2n) is 9.42. The number of benzene rings is 3. The van der Waals surface area contributed by atoms with E-state index in [-0.39, 0.29) is 6.17 Å². The second kappa shape index (κ2) is 14.9. The molecule has 5 rings (SSSR count). The van der Waals surface area contributed by atoms with E-state index in [9.17, 15) is 4.79 Å². The van der Waals surface area contributed by atoms with Gasteiger partial charge in [-0.15, -0.1) is 0 Å². The minimum atomic E-state index is 0.163. The molecule has 1 saturated heterocycles. The summed E-state index contributed by atoms with van der Waals surface area (Å²) in [6.45, 7) is 6.20. The van der Waals surface area contributed by atoms with Gasteiger partial charge < -0.3 is 19.3 Å². The van der Waals surface area contributed by atoms with Gasteiger partial charge in [-0.25, -0.2) is 4.72 Å². The molecule has 3 aromatic carbocycles. The smallest absolute Gasteiger partial charge is 0.210 e. The van der Waals surface area contributed by atoms with E-state index in [0.717, 1.165) is 74.7 Å². The van der Waals surface area contributed by atoms with Crippen LogP contribution in [-0.4, -0.2) is 69.8 Å². The van der Waals surface area contributed by atoms with Gasteiger partial charge in [0.15, 0.2) is 0 Å². The normalized spacial score (nSPS) is 16.7. The molecule has 7 nitrogen and oxygen atoms in total. The number of likely N-dealkylation sites (N-methyl/N-ethyl adjacent to an activating group) is 1.